The Morgan fingerprint density at radius 1 is 1.00 bits per heavy atom. The normalized spacial score (nSPS) is 12.3. The molecule has 0 bridgehead atoms. The summed E-state index contributed by atoms with van der Waals surface area (Å²) in [6.07, 6.45) is 0. The molecule has 2 rings (SSSR count). The topological polar surface area (TPSA) is 21.3 Å². The quantitative estimate of drug-likeness (QED) is 0.850. The minimum atomic E-state index is 0.354. The van der Waals surface area contributed by atoms with Gasteiger partial charge >= 0.3 is 0 Å². The van der Waals surface area contributed by atoms with Gasteiger partial charge < -0.3 is 10.1 Å². The number of ether oxygens (including phenoxy) is 1. The van der Waals surface area contributed by atoms with Crippen LogP contribution in [0.1, 0.15) is 29.7 Å². The third kappa shape index (κ3) is 4.19. The van der Waals surface area contributed by atoms with Gasteiger partial charge in [0.1, 0.15) is 0 Å². The Bertz CT molecular complexity index is 496. The standard InChI is InChI=1S/C17H21NO/c1-14(17-9-4-3-5-10-17)18-12-15-7-6-8-16(11-15)13-19-2/h3-11,14,18H,12-13H2,1-2H3. The molecule has 0 saturated heterocycles. The van der Waals surface area contributed by atoms with E-state index in [0.717, 1.165) is 6.54 Å². The number of methoxy groups -OCH3 is 1. The Labute approximate surface area is 115 Å². The average Bonchev–Trinajstić information content (AvgIpc) is 2.46. The lowest BCUT2D eigenvalue weighted by atomic mass is 10.1. The van der Waals surface area contributed by atoms with E-state index in [1.165, 1.54) is 16.7 Å². The molecule has 1 N–H and O–H groups in total. The monoisotopic (exact) mass is 255 g/mol. The Hall–Kier alpha value is -1.64. The number of hydrogen-bond acceptors (Lipinski definition) is 2. The lowest BCUT2D eigenvalue weighted by molar-refractivity contribution is 0.185. The summed E-state index contributed by atoms with van der Waals surface area (Å²) in [6, 6.07) is 19.4. The minimum Gasteiger partial charge on any atom is -0.380 e. The van der Waals surface area contributed by atoms with Crippen molar-refractivity contribution in [3.63, 3.8) is 0 Å². The number of benzene rings is 2. The molecule has 0 aliphatic carbocycles. The molecule has 2 nitrogen and oxygen atoms in total. The predicted molar refractivity (Wildman–Crippen MR) is 78.9 cm³/mol. The molecule has 2 heteroatoms. The first kappa shape index (κ1) is 13.8. The van der Waals surface area contributed by atoms with Gasteiger partial charge in [-0.25, -0.2) is 0 Å². The molecule has 0 fully saturated rings. The summed E-state index contributed by atoms with van der Waals surface area (Å²) in [5.74, 6) is 0. The molecule has 1 unspecified atom stereocenters. The van der Waals surface area contributed by atoms with E-state index < -0.39 is 0 Å². The Morgan fingerprint density at radius 2 is 1.74 bits per heavy atom. The highest BCUT2D eigenvalue weighted by Gasteiger charge is 2.04. The molecule has 100 valence electrons. The first-order valence-corrected chi connectivity index (χ1v) is 6.64. The van der Waals surface area contributed by atoms with Crippen LogP contribution >= 0.6 is 0 Å². The zero-order chi connectivity index (χ0) is 13.5. The van der Waals surface area contributed by atoms with Crippen molar-refractivity contribution in [1.82, 2.24) is 5.32 Å². The van der Waals surface area contributed by atoms with Gasteiger partial charge in [0.25, 0.3) is 0 Å². The van der Waals surface area contributed by atoms with Crippen LogP contribution in [0.15, 0.2) is 54.6 Å². The van der Waals surface area contributed by atoms with Gasteiger partial charge in [-0.15, -0.1) is 0 Å². The van der Waals surface area contributed by atoms with E-state index in [4.69, 9.17) is 4.74 Å². The maximum atomic E-state index is 5.16. The summed E-state index contributed by atoms with van der Waals surface area (Å²) in [7, 11) is 1.72. The zero-order valence-electron chi connectivity index (χ0n) is 11.6. The Morgan fingerprint density at radius 3 is 2.47 bits per heavy atom. The fourth-order valence-corrected chi connectivity index (χ4v) is 2.13. The van der Waals surface area contributed by atoms with E-state index in [2.05, 4.69) is 60.8 Å². The van der Waals surface area contributed by atoms with E-state index in [-0.39, 0.29) is 0 Å². The molecule has 0 radical (unpaired) electrons. The van der Waals surface area contributed by atoms with Crippen molar-refractivity contribution >= 4 is 0 Å². The van der Waals surface area contributed by atoms with Crippen LogP contribution < -0.4 is 5.32 Å². The van der Waals surface area contributed by atoms with Crippen molar-refractivity contribution in [3.05, 3.63) is 71.3 Å². The van der Waals surface area contributed by atoms with E-state index in [9.17, 15) is 0 Å². The Kier molecular flexibility index (Phi) is 5.13. The number of hydrogen-bond donors (Lipinski definition) is 1. The van der Waals surface area contributed by atoms with Crippen molar-refractivity contribution in [3.8, 4) is 0 Å². The number of nitrogens with one attached hydrogen (secondary N) is 1. The van der Waals surface area contributed by atoms with Gasteiger partial charge in [0.2, 0.25) is 0 Å². The highest BCUT2D eigenvalue weighted by Crippen LogP contribution is 2.13. The van der Waals surface area contributed by atoms with Crippen LogP contribution in [0, 0.1) is 0 Å². The summed E-state index contributed by atoms with van der Waals surface area (Å²) in [5, 5.41) is 3.54. The van der Waals surface area contributed by atoms with Crippen molar-refractivity contribution in [1.29, 1.82) is 0 Å². The van der Waals surface area contributed by atoms with E-state index >= 15 is 0 Å². The highest BCUT2D eigenvalue weighted by molar-refractivity contribution is 5.23. The second-order valence-corrected chi connectivity index (χ2v) is 4.77. The van der Waals surface area contributed by atoms with Crippen LogP contribution in [-0.2, 0) is 17.9 Å². The third-order valence-corrected chi connectivity index (χ3v) is 3.21. The van der Waals surface area contributed by atoms with Crippen molar-refractivity contribution < 1.29 is 4.74 Å². The van der Waals surface area contributed by atoms with Crippen LogP contribution in [0.25, 0.3) is 0 Å². The van der Waals surface area contributed by atoms with Crippen LogP contribution in [-0.4, -0.2) is 7.11 Å². The van der Waals surface area contributed by atoms with Crippen molar-refractivity contribution in [2.45, 2.75) is 26.1 Å². The molecule has 0 amide bonds. The largest absolute Gasteiger partial charge is 0.380 e. The molecule has 0 aromatic heterocycles. The molecule has 0 aliphatic heterocycles. The fourth-order valence-electron chi connectivity index (χ4n) is 2.13. The molecular formula is C17H21NO. The maximum absolute atomic E-state index is 5.16. The zero-order valence-corrected chi connectivity index (χ0v) is 11.6. The van der Waals surface area contributed by atoms with Gasteiger partial charge in [0.05, 0.1) is 6.61 Å². The molecular weight excluding hydrogens is 234 g/mol. The molecule has 0 heterocycles. The van der Waals surface area contributed by atoms with Crippen molar-refractivity contribution in [2.24, 2.45) is 0 Å². The van der Waals surface area contributed by atoms with Crippen LogP contribution in [0.4, 0.5) is 0 Å². The second-order valence-electron chi connectivity index (χ2n) is 4.77. The van der Waals surface area contributed by atoms with Crippen LogP contribution in [0.2, 0.25) is 0 Å². The summed E-state index contributed by atoms with van der Waals surface area (Å²) < 4.78 is 5.16. The molecule has 2 aromatic rings. The first-order chi connectivity index (χ1) is 9.29. The Balaban J connectivity index is 1.93. The van der Waals surface area contributed by atoms with E-state index in [1.807, 2.05) is 6.07 Å². The number of rotatable bonds is 6. The molecule has 2 aromatic carbocycles. The maximum Gasteiger partial charge on any atom is 0.0713 e. The summed E-state index contributed by atoms with van der Waals surface area (Å²) in [5.41, 5.74) is 3.82. The van der Waals surface area contributed by atoms with Gasteiger partial charge in [-0.3, -0.25) is 0 Å². The van der Waals surface area contributed by atoms with Gasteiger partial charge in [0.15, 0.2) is 0 Å². The van der Waals surface area contributed by atoms with Gasteiger partial charge in [-0.2, -0.15) is 0 Å². The predicted octanol–water partition coefficient (Wildman–Crippen LogP) is 3.68. The summed E-state index contributed by atoms with van der Waals surface area (Å²) in [6.45, 7) is 3.73. The van der Waals surface area contributed by atoms with Crippen molar-refractivity contribution in [2.75, 3.05) is 7.11 Å². The molecule has 0 spiro atoms. The van der Waals surface area contributed by atoms with Gasteiger partial charge in [-0.1, -0.05) is 54.6 Å². The highest BCUT2D eigenvalue weighted by atomic mass is 16.5. The van der Waals surface area contributed by atoms with Gasteiger partial charge in [0, 0.05) is 19.7 Å². The lowest BCUT2D eigenvalue weighted by Crippen LogP contribution is -2.18. The van der Waals surface area contributed by atoms with E-state index in [0.29, 0.717) is 12.6 Å². The average molecular weight is 255 g/mol. The van der Waals surface area contributed by atoms with E-state index in [1.54, 1.807) is 7.11 Å². The fraction of sp³-hybridized carbons (Fsp3) is 0.294. The SMILES string of the molecule is COCc1cccc(CNC(C)c2ccccc2)c1. The molecule has 19 heavy (non-hydrogen) atoms. The molecule has 0 aliphatic rings. The summed E-state index contributed by atoms with van der Waals surface area (Å²) >= 11 is 0. The third-order valence-electron chi connectivity index (χ3n) is 3.21. The van der Waals surface area contributed by atoms with Crippen LogP contribution in [0.5, 0.6) is 0 Å². The summed E-state index contributed by atoms with van der Waals surface area (Å²) in [4.78, 5) is 0. The second kappa shape index (κ2) is 7.07. The van der Waals surface area contributed by atoms with Gasteiger partial charge in [-0.05, 0) is 23.6 Å². The molecule has 1 atom stereocenters. The minimum absolute atomic E-state index is 0.354. The van der Waals surface area contributed by atoms with Crippen LogP contribution in [0.3, 0.4) is 0 Å². The smallest absolute Gasteiger partial charge is 0.0713 e. The lowest BCUT2D eigenvalue weighted by Gasteiger charge is -2.14. The first-order valence-electron chi connectivity index (χ1n) is 6.64. The molecule has 0 saturated carbocycles.